The molecule has 0 N–H and O–H groups in total. The minimum atomic E-state index is -0.0456. The van der Waals surface area contributed by atoms with Crippen molar-refractivity contribution in [2.45, 2.75) is 19.9 Å². The predicted octanol–water partition coefficient (Wildman–Crippen LogP) is 3.86. The van der Waals surface area contributed by atoms with E-state index in [-0.39, 0.29) is 11.9 Å². The number of amides is 1. The molecule has 1 saturated heterocycles. The van der Waals surface area contributed by atoms with E-state index < -0.39 is 0 Å². The van der Waals surface area contributed by atoms with Gasteiger partial charge >= 0.3 is 0 Å². The second-order valence-electron chi connectivity index (χ2n) is 8.42. The van der Waals surface area contributed by atoms with Crippen LogP contribution in [0.1, 0.15) is 28.4 Å². The van der Waals surface area contributed by atoms with E-state index >= 15 is 0 Å². The number of anilines is 1. The SMILES string of the molecule is C=C1CN(c2ncnc3c2c(C)cn3-c2cc(C#N)ccn2)[C@@H](C)CN1C(=O)c1ccccc1. The molecule has 3 aromatic heterocycles. The summed E-state index contributed by atoms with van der Waals surface area (Å²) < 4.78 is 1.88. The van der Waals surface area contributed by atoms with Gasteiger partial charge in [-0.3, -0.25) is 9.36 Å². The predicted molar refractivity (Wildman–Crippen MR) is 130 cm³/mol. The van der Waals surface area contributed by atoms with Gasteiger partial charge in [0.05, 0.1) is 23.6 Å². The number of piperazine rings is 1. The monoisotopic (exact) mass is 449 g/mol. The average Bonchev–Trinajstić information content (AvgIpc) is 3.22. The van der Waals surface area contributed by atoms with Gasteiger partial charge in [-0.05, 0) is 43.7 Å². The van der Waals surface area contributed by atoms with E-state index in [0.717, 1.165) is 22.5 Å². The van der Waals surface area contributed by atoms with Crippen molar-refractivity contribution in [2.75, 3.05) is 18.0 Å². The Kier molecular flexibility index (Phi) is 5.30. The third kappa shape index (κ3) is 3.57. The summed E-state index contributed by atoms with van der Waals surface area (Å²) in [4.78, 5) is 30.6. The van der Waals surface area contributed by atoms with Gasteiger partial charge in [0.1, 0.15) is 18.0 Å². The van der Waals surface area contributed by atoms with E-state index in [1.54, 1.807) is 29.6 Å². The van der Waals surface area contributed by atoms with Gasteiger partial charge in [0.25, 0.3) is 5.91 Å². The molecule has 0 saturated carbocycles. The van der Waals surface area contributed by atoms with Gasteiger partial charge in [-0.2, -0.15) is 5.26 Å². The van der Waals surface area contributed by atoms with Crippen molar-refractivity contribution in [3.8, 4) is 11.9 Å². The fourth-order valence-electron chi connectivity index (χ4n) is 4.41. The van der Waals surface area contributed by atoms with Gasteiger partial charge in [0.2, 0.25) is 0 Å². The number of aromatic nitrogens is 4. The minimum absolute atomic E-state index is 0.0130. The van der Waals surface area contributed by atoms with Crippen molar-refractivity contribution in [1.29, 1.82) is 5.26 Å². The Bertz CT molecular complexity index is 1450. The lowest BCUT2D eigenvalue weighted by Gasteiger charge is -2.42. The van der Waals surface area contributed by atoms with E-state index in [0.29, 0.717) is 35.7 Å². The lowest BCUT2D eigenvalue weighted by Crippen LogP contribution is -2.52. The molecule has 4 aromatic rings. The molecule has 5 rings (SSSR count). The van der Waals surface area contributed by atoms with Gasteiger partial charge in [-0.15, -0.1) is 0 Å². The quantitative estimate of drug-likeness (QED) is 0.472. The molecule has 0 aliphatic carbocycles. The zero-order valence-electron chi connectivity index (χ0n) is 19.0. The molecule has 168 valence electrons. The highest BCUT2D eigenvalue weighted by Crippen LogP contribution is 2.33. The Balaban J connectivity index is 1.51. The van der Waals surface area contributed by atoms with Gasteiger partial charge in [0, 0.05) is 36.2 Å². The highest BCUT2D eigenvalue weighted by atomic mass is 16.2. The zero-order valence-corrected chi connectivity index (χ0v) is 19.0. The molecule has 1 fully saturated rings. The summed E-state index contributed by atoms with van der Waals surface area (Å²) in [6.45, 7) is 9.26. The molecular weight excluding hydrogens is 426 g/mol. The van der Waals surface area contributed by atoms with Crippen LogP contribution in [-0.4, -0.2) is 49.5 Å². The normalized spacial score (nSPS) is 16.0. The molecule has 0 bridgehead atoms. The summed E-state index contributed by atoms with van der Waals surface area (Å²) in [5.41, 5.74) is 3.61. The van der Waals surface area contributed by atoms with Crippen molar-refractivity contribution in [3.63, 3.8) is 0 Å². The first kappa shape index (κ1) is 21.3. The van der Waals surface area contributed by atoms with Crippen LogP contribution in [0.5, 0.6) is 0 Å². The third-order valence-corrected chi connectivity index (χ3v) is 6.13. The number of carbonyl (C=O) groups excluding carboxylic acids is 1. The van der Waals surface area contributed by atoms with E-state index in [4.69, 9.17) is 0 Å². The van der Waals surface area contributed by atoms with Crippen molar-refractivity contribution < 1.29 is 4.79 Å². The number of carbonyl (C=O) groups is 1. The molecular formula is C26H23N7O. The van der Waals surface area contributed by atoms with Gasteiger partial charge in [-0.1, -0.05) is 24.8 Å². The Morgan fingerprint density at radius 3 is 2.74 bits per heavy atom. The number of nitriles is 1. The highest BCUT2D eigenvalue weighted by molar-refractivity contribution is 5.96. The Labute approximate surface area is 197 Å². The number of hydrogen-bond acceptors (Lipinski definition) is 6. The van der Waals surface area contributed by atoms with Crippen LogP contribution in [0.25, 0.3) is 16.9 Å². The first-order valence-corrected chi connectivity index (χ1v) is 11.0. The number of hydrogen-bond donors (Lipinski definition) is 0. The molecule has 8 heteroatoms. The summed E-state index contributed by atoms with van der Waals surface area (Å²) in [7, 11) is 0. The molecule has 1 amide bonds. The van der Waals surface area contributed by atoms with Crippen LogP contribution in [0.3, 0.4) is 0 Å². The average molecular weight is 450 g/mol. The molecule has 34 heavy (non-hydrogen) atoms. The third-order valence-electron chi connectivity index (χ3n) is 6.13. The van der Waals surface area contributed by atoms with E-state index in [1.165, 1.54) is 0 Å². The van der Waals surface area contributed by atoms with Crippen LogP contribution in [0.2, 0.25) is 0 Å². The van der Waals surface area contributed by atoms with Gasteiger partial charge < -0.3 is 9.80 Å². The fourth-order valence-corrected chi connectivity index (χ4v) is 4.41. The number of nitrogens with zero attached hydrogens (tertiary/aromatic N) is 7. The molecule has 8 nitrogen and oxygen atoms in total. The second kappa shape index (κ2) is 8.45. The lowest BCUT2D eigenvalue weighted by molar-refractivity contribution is 0.0782. The van der Waals surface area contributed by atoms with Gasteiger partial charge in [0.15, 0.2) is 5.65 Å². The molecule has 1 atom stereocenters. The summed E-state index contributed by atoms with van der Waals surface area (Å²) >= 11 is 0. The van der Waals surface area contributed by atoms with Crippen molar-refractivity contribution >= 4 is 22.8 Å². The van der Waals surface area contributed by atoms with Crippen molar-refractivity contribution in [2.24, 2.45) is 0 Å². The maximum Gasteiger partial charge on any atom is 0.258 e. The molecule has 4 heterocycles. The number of pyridine rings is 1. The summed E-state index contributed by atoms with van der Waals surface area (Å²) in [6, 6.07) is 14.8. The van der Waals surface area contributed by atoms with Crippen LogP contribution in [0.15, 0.2) is 73.5 Å². The first-order chi connectivity index (χ1) is 16.5. The summed E-state index contributed by atoms with van der Waals surface area (Å²) in [6.07, 6.45) is 5.12. The van der Waals surface area contributed by atoms with Crippen LogP contribution in [-0.2, 0) is 0 Å². The van der Waals surface area contributed by atoms with E-state index in [1.807, 2.05) is 48.0 Å². The maximum absolute atomic E-state index is 13.1. The van der Waals surface area contributed by atoms with Crippen LogP contribution in [0, 0.1) is 18.3 Å². The lowest BCUT2D eigenvalue weighted by atomic mass is 10.1. The van der Waals surface area contributed by atoms with Crippen LogP contribution < -0.4 is 4.90 Å². The topological polar surface area (TPSA) is 90.9 Å². The Morgan fingerprint density at radius 1 is 1.18 bits per heavy atom. The molecule has 0 radical (unpaired) electrons. The van der Waals surface area contributed by atoms with Crippen molar-refractivity contribution in [1.82, 2.24) is 24.4 Å². The van der Waals surface area contributed by atoms with Gasteiger partial charge in [-0.25, -0.2) is 15.0 Å². The maximum atomic E-state index is 13.1. The van der Waals surface area contributed by atoms with Crippen LogP contribution in [0.4, 0.5) is 5.82 Å². The smallest absolute Gasteiger partial charge is 0.258 e. The molecule has 0 unspecified atom stereocenters. The number of rotatable bonds is 3. The molecule has 0 spiro atoms. The number of aryl methyl sites for hydroxylation is 1. The van der Waals surface area contributed by atoms with Crippen LogP contribution >= 0.6 is 0 Å². The molecule has 1 aliphatic rings. The zero-order chi connectivity index (χ0) is 23.8. The second-order valence-corrected chi connectivity index (χ2v) is 8.42. The van der Waals surface area contributed by atoms with Crippen molar-refractivity contribution in [3.05, 3.63) is 90.2 Å². The number of fused-ring (bicyclic) bond motifs is 1. The largest absolute Gasteiger partial charge is 0.346 e. The first-order valence-electron chi connectivity index (χ1n) is 11.0. The summed E-state index contributed by atoms with van der Waals surface area (Å²) in [5.74, 6) is 1.37. The standard InChI is InChI=1S/C26H23N7O/c1-17-13-33(22-11-20(12-27)9-10-28-22)25-23(17)24(29-16-30-25)31-14-19(3)32(15-18(31)2)26(34)21-7-5-4-6-8-21/h4-11,13,16,18H,3,14-15H2,1-2H3/t18-/m0/s1. The summed E-state index contributed by atoms with van der Waals surface area (Å²) in [5, 5.41) is 10.2. The molecule has 1 aliphatic heterocycles. The highest BCUT2D eigenvalue weighted by Gasteiger charge is 2.32. The number of benzene rings is 1. The van der Waals surface area contributed by atoms with E-state index in [9.17, 15) is 10.1 Å². The Morgan fingerprint density at radius 2 is 1.97 bits per heavy atom. The fraction of sp³-hybridized carbons (Fsp3) is 0.192. The van der Waals surface area contributed by atoms with E-state index in [2.05, 4.69) is 39.4 Å². The Hall–Kier alpha value is -4.51. The molecule has 1 aromatic carbocycles. The minimum Gasteiger partial charge on any atom is -0.346 e.